The van der Waals surface area contributed by atoms with Gasteiger partial charge in [-0.3, -0.25) is 9.79 Å². The molecule has 6 nitrogen and oxygen atoms in total. The molecule has 0 fully saturated rings. The van der Waals surface area contributed by atoms with E-state index >= 15 is 0 Å². The van der Waals surface area contributed by atoms with Crippen molar-refractivity contribution >= 4 is 23.2 Å². The molecule has 1 aromatic heterocycles. The molecule has 1 aromatic carbocycles. The molecular weight excluding hydrogens is 391 g/mol. The molecule has 0 spiro atoms. The van der Waals surface area contributed by atoms with Gasteiger partial charge in [0.25, 0.3) is 5.91 Å². The molecule has 28 heavy (non-hydrogen) atoms. The maximum Gasteiger partial charge on any atom is 0.434 e. The smallest absolute Gasteiger partial charge is 0.356 e. The summed E-state index contributed by atoms with van der Waals surface area (Å²) in [5.41, 5.74) is -0.239. The molecule has 0 aliphatic rings. The molecular formula is C18H22F3N5OS. The van der Waals surface area contributed by atoms with Crippen LogP contribution in [0, 0.1) is 0 Å². The normalized spacial score (nSPS) is 11.9. The Morgan fingerprint density at radius 2 is 1.79 bits per heavy atom. The van der Waals surface area contributed by atoms with Crippen LogP contribution in [0.1, 0.15) is 27.5 Å². The standard InChI is InChI=1S/C18H22F3N5OS/c1-22-17(25-11-8-15-26-14(12-28-15)18(19,20)21)24-10-5-9-23-16(27)13-6-3-2-4-7-13/h2-4,6-7,12H,5,8-11H2,1H3,(H,23,27)(H2,22,24,25). The minimum atomic E-state index is -4.41. The summed E-state index contributed by atoms with van der Waals surface area (Å²) in [5, 5.41) is 10.4. The molecule has 152 valence electrons. The molecule has 2 aromatic rings. The molecule has 0 bridgehead atoms. The predicted octanol–water partition coefficient (Wildman–Crippen LogP) is 2.69. The summed E-state index contributed by atoms with van der Waals surface area (Å²) in [6.07, 6.45) is -3.34. The van der Waals surface area contributed by atoms with Crippen molar-refractivity contribution < 1.29 is 18.0 Å². The number of aliphatic imine (C=N–C) groups is 1. The largest absolute Gasteiger partial charge is 0.434 e. The zero-order chi connectivity index (χ0) is 20.4. The quantitative estimate of drug-likeness (QED) is 0.353. The maximum absolute atomic E-state index is 12.5. The fraction of sp³-hybridized carbons (Fsp3) is 0.389. The van der Waals surface area contributed by atoms with Crippen LogP contribution in [0.5, 0.6) is 0 Å². The number of benzene rings is 1. The Balaban J connectivity index is 1.61. The lowest BCUT2D eigenvalue weighted by Crippen LogP contribution is -2.39. The zero-order valence-corrected chi connectivity index (χ0v) is 16.2. The summed E-state index contributed by atoms with van der Waals surface area (Å²) in [6, 6.07) is 8.96. The lowest BCUT2D eigenvalue weighted by Gasteiger charge is -2.11. The minimum absolute atomic E-state index is 0.121. The summed E-state index contributed by atoms with van der Waals surface area (Å²) in [6.45, 7) is 1.51. The van der Waals surface area contributed by atoms with E-state index in [1.54, 1.807) is 19.2 Å². The molecule has 0 saturated carbocycles. The first kappa shape index (κ1) is 21.7. The molecule has 0 aliphatic heterocycles. The van der Waals surface area contributed by atoms with Gasteiger partial charge < -0.3 is 16.0 Å². The number of carbonyl (C=O) groups is 1. The first-order valence-electron chi connectivity index (χ1n) is 8.69. The van der Waals surface area contributed by atoms with Crippen molar-refractivity contribution in [3.63, 3.8) is 0 Å². The SMILES string of the molecule is CN=C(NCCCNC(=O)c1ccccc1)NCCc1nc(C(F)(F)F)cs1. The molecule has 0 atom stereocenters. The van der Waals surface area contributed by atoms with Gasteiger partial charge in [-0.15, -0.1) is 11.3 Å². The monoisotopic (exact) mass is 413 g/mol. The van der Waals surface area contributed by atoms with Crippen LogP contribution >= 0.6 is 11.3 Å². The van der Waals surface area contributed by atoms with E-state index in [4.69, 9.17) is 0 Å². The number of hydrogen-bond donors (Lipinski definition) is 3. The van der Waals surface area contributed by atoms with Crippen LogP contribution in [0.3, 0.4) is 0 Å². The van der Waals surface area contributed by atoms with Gasteiger partial charge in [-0.25, -0.2) is 4.98 Å². The highest BCUT2D eigenvalue weighted by Crippen LogP contribution is 2.29. The number of halogens is 3. The van der Waals surface area contributed by atoms with Crippen molar-refractivity contribution in [2.75, 3.05) is 26.7 Å². The van der Waals surface area contributed by atoms with Gasteiger partial charge >= 0.3 is 6.18 Å². The molecule has 0 saturated heterocycles. The van der Waals surface area contributed by atoms with Crippen molar-refractivity contribution in [3.05, 3.63) is 52.0 Å². The number of nitrogens with zero attached hydrogens (tertiary/aromatic N) is 2. The van der Waals surface area contributed by atoms with Gasteiger partial charge in [-0.2, -0.15) is 13.2 Å². The van der Waals surface area contributed by atoms with Crippen LogP contribution in [0.25, 0.3) is 0 Å². The van der Waals surface area contributed by atoms with E-state index in [9.17, 15) is 18.0 Å². The van der Waals surface area contributed by atoms with Gasteiger partial charge in [0.05, 0.1) is 5.01 Å². The van der Waals surface area contributed by atoms with Crippen molar-refractivity contribution in [3.8, 4) is 0 Å². The summed E-state index contributed by atoms with van der Waals surface area (Å²) >= 11 is 0.989. The number of guanidine groups is 1. The molecule has 2 rings (SSSR count). The van der Waals surface area contributed by atoms with E-state index in [0.29, 0.717) is 49.0 Å². The zero-order valence-electron chi connectivity index (χ0n) is 15.3. The highest BCUT2D eigenvalue weighted by Gasteiger charge is 2.33. The van der Waals surface area contributed by atoms with E-state index in [0.717, 1.165) is 16.7 Å². The Hall–Kier alpha value is -2.62. The van der Waals surface area contributed by atoms with Gasteiger partial charge in [0.15, 0.2) is 11.7 Å². The third-order valence-corrected chi connectivity index (χ3v) is 4.57. The number of rotatable bonds is 8. The Kier molecular flexibility index (Phi) is 8.24. The number of hydrogen-bond acceptors (Lipinski definition) is 4. The number of alkyl halides is 3. The van der Waals surface area contributed by atoms with E-state index in [1.807, 2.05) is 18.2 Å². The minimum Gasteiger partial charge on any atom is -0.356 e. The Labute approximate surface area is 165 Å². The molecule has 0 radical (unpaired) electrons. The van der Waals surface area contributed by atoms with Gasteiger partial charge in [0, 0.05) is 44.0 Å². The van der Waals surface area contributed by atoms with Crippen molar-refractivity contribution in [1.29, 1.82) is 0 Å². The summed E-state index contributed by atoms with van der Waals surface area (Å²) in [5.74, 6) is 0.423. The van der Waals surface area contributed by atoms with E-state index in [2.05, 4.69) is 25.9 Å². The third kappa shape index (κ3) is 7.18. The Bertz CT molecular complexity index is 777. The lowest BCUT2D eigenvalue weighted by atomic mass is 10.2. The number of thiazole rings is 1. The van der Waals surface area contributed by atoms with Crippen LogP contribution in [0.2, 0.25) is 0 Å². The van der Waals surface area contributed by atoms with E-state index in [-0.39, 0.29) is 5.91 Å². The van der Waals surface area contributed by atoms with Crippen molar-refractivity contribution in [1.82, 2.24) is 20.9 Å². The van der Waals surface area contributed by atoms with Gasteiger partial charge in [-0.1, -0.05) is 18.2 Å². The Morgan fingerprint density at radius 1 is 1.11 bits per heavy atom. The van der Waals surface area contributed by atoms with Crippen LogP contribution in [-0.2, 0) is 12.6 Å². The topological polar surface area (TPSA) is 78.4 Å². The second-order valence-corrected chi connectivity index (χ2v) is 6.72. The summed E-state index contributed by atoms with van der Waals surface area (Å²) < 4.78 is 37.6. The first-order valence-corrected chi connectivity index (χ1v) is 9.57. The van der Waals surface area contributed by atoms with Crippen molar-refractivity contribution in [2.45, 2.75) is 19.0 Å². The molecule has 10 heteroatoms. The van der Waals surface area contributed by atoms with Gasteiger partial charge in [0.1, 0.15) is 0 Å². The Morgan fingerprint density at radius 3 is 2.43 bits per heavy atom. The molecule has 0 unspecified atom stereocenters. The molecule has 1 amide bonds. The lowest BCUT2D eigenvalue weighted by molar-refractivity contribution is -0.140. The van der Waals surface area contributed by atoms with E-state index in [1.165, 1.54) is 0 Å². The van der Waals surface area contributed by atoms with Gasteiger partial charge in [-0.05, 0) is 18.6 Å². The van der Waals surface area contributed by atoms with Crippen LogP contribution in [0.15, 0.2) is 40.7 Å². The number of amides is 1. The van der Waals surface area contributed by atoms with Crippen LogP contribution < -0.4 is 16.0 Å². The average molecular weight is 413 g/mol. The first-order chi connectivity index (χ1) is 13.4. The summed E-state index contributed by atoms with van der Waals surface area (Å²) in [4.78, 5) is 19.5. The van der Waals surface area contributed by atoms with Crippen LogP contribution in [-0.4, -0.2) is 43.5 Å². The number of aromatic nitrogens is 1. The maximum atomic E-state index is 12.5. The van der Waals surface area contributed by atoms with Crippen molar-refractivity contribution in [2.24, 2.45) is 4.99 Å². The average Bonchev–Trinajstić information content (AvgIpc) is 3.16. The second-order valence-electron chi connectivity index (χ2n) is 5.78. The molecule has 3 N–H and O–H groups in total. The number of carbonyl (C=O) groups excluding carboxylic acids is 1. The fourth-order valence-electron chi connectivity index (χ4n) is 2.25. The fourth-order valence-corrected chi connectivity index (χ4v) is 3.06. The predicted molar refractivity (Wildman–Crippen MR) is 104 cm³/mol. The van der Waals surface area contributed by atoms with Crippen LogP contribution in [0.4, 0.5) is 13.2 Å². The van der Waals surface area contributed by atoms with Gasteiger partial charge in [0.2, 0.25) is 0 Å². The van der Waals surface area contributed by atoms with E-state index < -0.39 is 11.9 Å². The molecule has 0 aliphatic carbocycles. The second kappa shape index (κ2) is 10.6. The third-order valence-electron chi connectivity index (χ3n) is 3.66. The number of nitrogens with one attached hydrogen (secondary N) is 3. The summed E-state index contributed by atoms with van der Waals surface area (Å²) in [7, 11) is 1.61. The molecule has 1 heterocycles. The highest BCUT2D eigenvalue weighted by atomic mass is 32.1. The highest BCUT2D eigenvalue weighted by molar-refractivity contribution is 7.09.